The van der Waals surface area contributed by atoms with Gasteiger partial charge in [-0.25, -0.2) is 0 Å². The topological polar surface area (TPSA) is 44.1 Å². The fourth-order valence-corrected chi connectivity index (χ4v) is 2.82. The molecule has 1 aliphatic heterocycles. The van der Waals surface area contributed by atoms with Crippen LogP contribution in [-0.4, -0.2) is 34.9 Å². The summed E-state index contributed by atoms with van der Waals surface area (Å²) in [5.74, 6) is 1.08. The summed E-state index contributed by atoms with van der Waals surface area (Å²) < 4.78 is 0. The Morgan fingerprint density at radius 2 is 2.36 bits per heavy atom. The van der Waals surface area contributed by atoms with Crippen LogP contribution in [0.4, 0.5) is 0 Å². The van der Waals surface area contributed by atoms with Gasteiger partial charge in [-0.1, -0.05) is 6.92 Å². The van der Waals surface area contributed by atoms with E-state index < -0.39 is 5.41 Å². The van der Waals surface area contributed by atoms with Crippen molar-refractivity contribution < 1.29 is 4.79 Å². The number of nitrogens with zero attached hydrogens (tertiary/aromatic N) is 2. The minimum Gasteiger partial charge on any atom is -0.339 e. The van der Waals surface area contributed by atoms with Crippen molar-refractivity contribution in [2.45, 2.75) is 25.0 Å². The highest BCUT2D eigenvalue weighted by Gasteiger charge is 2.52. The van der Waals surface area contributed by atoms with Crippen LogP contribution in [0.15, 0.2) is 0 Å². The Hall–Kier alpha value is -0.690. The second-order valence-electron chi connectivity index (χ2n) is 4.13. The van der Waals surface area contributed by atoms with Crippen LogP contribution in [-0.2, 0) is 4.79 Å². The van der Waals surface area contributed by atoms with Gasteiger partial charge in [0, 0.05) is 24.1 Å². The summed E-state index contributed by atoms with van der Waals surface area (Å²) in [6, 6.07) is 2.17. The molecule has 76 valence electrons. The Balaban J connectivity index is 2.01. The smallest absolute Gasteiger partial charge is 0.243 e. The molecule has 0 aromatic rings. The Labute approximate surface area is 88.4 Å². The number of nitriles is 1. The standard InChI is InChI=1S/C10H14N2OS/c1-8-6-12(4-5-14-8)9(13)10(7-11)2-3-10/h8H,2-6H2,1H3. The lowest BCUT2D eigenvalue weighted by molar-refractivity contribution is -0.134. The second kappa shape index (κ2) is 3.47. The highest BCUT2D eigenvalue weighted by atomic mass is 32.2. The number of hydrogen-bond donors (Lipinski definition) is 0. The highest BCUT2D eigenvalue weighted by Crippen LogP contribution is 2.46. The van der Waals surface area contributed by atoms with E-state index in [-0.39, 0.29) is 5.91 Å². The molecule has 2 fully saturated rings. The monoisotopic (exact) mass is 210 g/mol. The summed E-state index contributed by atoms with van der Waals surface area (Å²) >= 11 is 1.90. The summed E-state index contributed by atoms with van der Waals surface area (Å²) in [5, 5.41) is 9.44. The molecule has 1 atom stereocenters. The van der Waals surface area contributed by atoms with E-state index in [1.807, 2.05) is 16.7 Å². The maximum atomic E-state index is 12.0. The van der Waals surface area contributed by atoms with Crippen LogP contribution in [0.25, 0.3) is 0 Å². The third-order valence-corrected chi connectivity index (χ3v) is 4.04. The minimum absolute atomic E-state index is 0.0761. The summed E-state index contributed by atoms with van der Waals surface area (Å²) in [6.45, 7) is 3.76. The number of carbonyl (C=O) groups is 1. The molecule has 2 rings (SSSR count). The van der Waals surface area contributed by atoms with Crippen LogP contribution in [0.2, 0.25) is 0 Å². The predicted octanol–water partition coefficient (Wildman–Crippen LogP) is 1.25. The first-order valence-corrected chi connectivity index (χ1v) is 6.05. The van der Waals surface area contributed by atoms with Gasteiger partial charge in [-0.15, -0.1) is 0 Å². The van der Waals surface area contributed by atoms with Crippen molar-refractivity contribution in [3.63, 3.8) is 0 Å². The fraction of sp³-hybridized carbons (Fsp3) is 0.800. The Morgan fingerprint density at radius 3 is 2.86 bits per heavy atom. The minimum atomic E-state index is -0.623. The first-order chi connectivity index (χ1) is 6.68. The number of rotatable bonds is 1. The summed E-state index contributed by atoms with van der Waals surface area (Å²) in [5.41, 5.74) is -0.623. The number of amides is 1. The summed E-state index contributed by atoms with van der Waals surface area (Å²) in [4.78, 5) is 13.8. The quantitative estimate of drug-likeness (QED) is 0.654. The molecule has 14 heavy (non-hydrogen) atoms. The molecule has 1 unspecified atom stereocenters. The maximum absolute atomic E-state index is 12.0. The highest BCUT2D eigenvalue weighted by molar-refractivity contribution is 7.99. The average Bonchev–Trinajstić information content (AvgIpc) is 2.97. The zero-order valence-electron chi connectivity index (χ0n) is 8.32. The van der Waals surface area contributed by atoms with Gasteiger partial charge in [0.05, 0.1) is 6.07 Å². The molecule has 0 spiro atoms. The molecule has 0 aromatic carbocycles. The van der Waals surface area contributed by atoms with Gasteiger partial charge in [-0.05, 0) is 12.8 Å². The molecule has 1 amide bonds. The molecule has 0 aromatic heterocycles. The van der Waals surface area contributed by atoms with E-state index in [2.05, 4.69) is 13.0 Å². The zero-order chi connectivity index (χ0) is 10.2. The van der Waals surface area contributed by atoms with E-state index >= 15 is 0 Å². The van der Waals surface area contributed by atoms with E-state index in [1.54, 1.807) is 0 Å². The third kappa shape index (κ3) is 1.61. The number of carbonyl (C=O) groups excluding carboxylic acids is 1. The lowest BCUT2D eigenvalue weighted by Crippen LogP contribution is -2.44. The van der Waals surface area contributed by atoms with Crippen LogP contribution >= 0.6 is 11.8 Å². The third-order valence-electron chi connectivity index (χ3n) is 2.90. The normalized spacial score (nSPS) is 29.4. The second-order valence-corrected chi connectivity index (χ2v) is 5.67. The number of thioether (sulfide) groups is 1. The van der Waals surface area contributed by atoms with Gasteiger partial charge in [0.2, 0.25) is 5.91 Å². The Morgan fingerprint density at radius 1 is 1.64 bits per heavy atom. The van der Waals surface area contributed by atoms with Crippen molar-refractivity contribution in [1.29, 1.82) is 5.26 Å². The lowest BCUT2D eigenvalue weighted by Gasteiger charge is -2.31. The first-order valence-electron chi connectivity index (χ1n) is 5.00. The van der Waals surface area contributed by atoms with E-state index in [4.69, 9.17) is 5.26 Å². The van der Waals surface area contributed by atoms with Gasteiger partial charge in [-0.2, -0.15) is 17.0 Å². The number of hydrogen-bond acceptors (Lipinski definition) is 3. The van der Waals surface area contributed by atoms with Crippen LogP contribution in [0, 0.1) is 16.7 Å². The van der Waals surface area contributed by atoms with Crippen molar-refractivity contribution in [2.75, 3.05) is 18.8 Å². The summed E-state index contributed by atoms with van der Waals surface area (Å²) in [6.07, 6.45) is 1.53. The Kier molecular flexibility index (Phi) is 2.44. The molecule has 2 aliphatic rings. The van der Waals surface area contributed by atoms with E-state index in [0.29, 0.717) is 5.25 Å². The zero-order valence-corrected chi connectivity index (χ0v) is 9.14. The van der Waals surface area contributed by atoms with Crippen molar-refractivity contribution in [3.05, 3.63) is 0 Å². The molecule has 4 heteroatoms. The average molecular weight is 210 g/mol. The van der Waals surface area contributed by atoms with Crippen LogP contribution in [0.3, 0.4) is 0 Å². The largest absolute Gasteiger partial charge is 0.339 e. The molecule has 1 saturated carbocycles. The molecular weight excluding hydrogens is 196 g/mol. The predicted molar refractivity (Wildman–Crippen MR) is 55.8 cm³/mol. The van der Waals surface area contributed by atoms with E-state index in [1.165, 1.54) is 0 Å². The molecular formula is C10H14N2OS. The fourth-order valence-electron chi connectivity index (χ4n) is 1.80. The van der Waals surface area contributed by atoms with Crippen LogP contribution < -0.4 is 0 Å². The lowest BCUT2D eigenvalue weighted by atomic mass is 10.1. The Bertz CT molecular complexity index is 293. The van der Waals surface area contributed by atoms with Gasteiger partial charge in [-0.3, -0.25) is 4.79 Å². The van der Waals surface area contributed by atoms with Gasteiger partial charge < -0.3 is 4.90 Å². The van der Waals surface area contributed by atoms with Crippen LogP contribution in [0.1, 0.15) is 19.8 Å². The SMILES string of the molecule is CC1CN(C(=O)C2(C#N)CC2)CCS1. The molecule has 0 bridgehead atoms. The maximum Gasteiger partial charge on any atom is 0.243 e. The summed E-state index contributed by atoms with van der Waals surface area (Å²) in [7, 11) is 0. The van der Waals surface area contributed by atoms with Crippen molar-refractivity contribution >= 4 is 17.7 Å². The van der Waals surface area contributed by atoms with E-state index in [0.717, 1.165) is 31.7 Å². The van der Waals surface area contributed by atoms with Gasteiger partial charge in [0.25, 0.3) is 0 Å². The molecule has 3 nitrogen and oxygen atoms in total. The molecule has 0 N–H and O–H groups in total. The van der Waals surface area contributed by atoms with Crippen molar-refractivity contribution in [3.8, 4) is 6.07 Å². The molecule has 1 heterocycles. The van der Waals surface area contributed by atoms with Gasteiger partial charge >= 0.3 is 0 Å². The molecule has 0 radical (unpaired) electrons. The van der Waals surface area contributed by atoms with E-state index in [9.17, 15) is 4.79 Å². The van der Waals surface area contributed by atoms with Gasteiger partial charge in [0.15, 0.2) is 0 Å². The molecule has 1 saturated heterocycles. The molecule has 1 aliphatic carbocycles. The van der Waals surface area contributed by atoms with Crippen molar-refractivity contribution in [1.82, 2.24) is 4.90 Å². The van der Waals surface area contributed by atoms with Crippen LogP contribution in [0.5, 0.6) is 0 Å². The van der Waals surface area contributed by atoms with Crippen molar-refractivity contribution in [2.24, 2.45) is 5.41 Å². The first kappa shape index (κ1) is 9.85. The van der Waals surface area contributed by atoms with Gasteiger partial charge in [0.1, 0.15) is 5.41 Å².